The number of para-hydroxylation sites is 1. The molecule has 1 atom stereocenters. The Kier molecular flexibility index (Phi) is 3.59. The van der Waals surface area contributed by atoms with Crippen molar-refractivity contribution in [2.45, 2.75) is 19.4 Å². The Morgan fingerprint density at radius 3 is 2.82 bits per heavy atom. The number of nitrogens with zero attached hydrogens (tertiary/aromatic N) is 2. The first-order chi connectivity index (χ1) is 8.24. The van der Waals surface area contributed by atoms with Crippen LogP contribution in [0.15, 0.2) is 36.5 Å². The normalized spacial score (nSPS) is 12.6. The Balaban J connectivity index is 2.41. The van der Waals surface area contributed by atoms with Gasteiger partial charge in [-0.05, 0) is 32.0 Å². The zero-order valence-electron chi connectivity index (χ0n) is 10.4. The van der Waals surface area contributed by atoms with Crippen molar-refractivity contribution < 1.29 is 0 Å². The fraction of sp³-hybridized carbons (Fsp3) is 0.357. The quantitative estimate of drug-likeness (QED) is 0.875. The third kappa shape index (κ3) is 2.39. The summed E-state index contributed by atoms with van der Waals surface area (Å²) >= 11 is 0. The molecule has 17 heavy (non-hydrogen) atoms. The van der Waals surface area contributed by atoms with Gasteiger partial charge in [0.1, 0.15) is 0 Å². The molecule has 0 aliphatic rings. The lowest BCUT2D eigenvalue weighted by atomic mass is 10.1. The predicted molar refractivity (Wildman–Crippen MR) is 73.3 cm³/mol. The molecule has 0 aliphatic carbocycles. The molecule has 2 rings (SSSR count). The van der Waals surface area contributed by atoms with Crippen LogP contribution in [-0.4, -0.2) is 24.6 Å². The topological polar surface area (TPSA) is 42.1 Å². The van der Waals surface area contributed by atoms with E-state index >= 15 is 0 Å². The van der Waals surface area contributed by atoms with E-state index in [-0.39, 0.29) is 0 Å². The molecule has 0 amide bonds. The number of rotatable bonds is 4. The van der Waals surface area contributed by atoms with Gasteiger partial charge >= 0.3 is 0 Å². The Labute approximate surface area is 102 Å². The Hall–Kier alpha value is -1.61. The summed E-state index contributed by atoms with van der Waals surface area (Å²) in [5, 5.41) is 1.20. The molecule has 1 unspecified atom stereocenters. The van der Waals surface area contributed by atoms with Gasteiger partial charge in [0.15, 0.2) is 0 Å². The monoisotopic (exact) mass is 229 g/mol. The van der Waals surface area contributed by atoms with Crippen LogP contribution >= 0.6 is 0 Å². The summed E-state index contributed by atoms with van der Waals surface area (Å²) in [6.45, 7) is 2.91. The molecule has 90 valence electrons. The van der Waals surface area contributed by atoms with Gasteiger partial charge in [-0.1, -0.05) is 18.2 Å². The van der Waals surface area contributed by atoms with Gasteiger partial charge in [0.25, 0.3) is 0 Å². The van der Waals surface area contributed by atoms with Gasteiger partial charge in [-0.15, -0.1) is 0 Å². The van der Waals surface area contributed by atoms with Gasteiger partial charge < -0.3 is 10.6 Å². The number of fused-ring (bicyclic) bond motifs is 1. The molecular formula is C14H19N3. The summed E-state index contributed by atoms with van der Waals surface area (Å²) in [4.78, 5) is 6.65. The summed E-state index contributed by atoms with van der Waals surface area (Å²) in [7, 11) is 2.11. The number of pyridine rings is 1. The number of nitrogens with two attached hydrogens (primary N) is 1. The summed E-state index contributed by atoms with van der Waals surface area (Å²) in [6, 6.07) is 10.7. The predicted octanol–water partition coefficient (Wildman–Crippen LogP) is 2.41. The second-order valence-electron chi connectivity index (χ2n) is 4.38. The fourth-order valence-corrected chi connectivity index (χ4v) is 2.06. The second-order valence-corrected chi connectivity index (χ2v) is 4.38. The van der Waals surface area contributed by atoms with E-state index in [1.807, 2.05) is 18.3 Å². The Morgan fingerprint density at radius 1 is 1.29 bits per heavy atom. The zero-order chi connectivity index (χ0) is 12.3. The van der Waals surface area contributed by atoms with Gasteiger partial charge in [-0.2, -0.15) is 0 Å². The van der Waals surface area contributed by atoms with Gasteiger partial charge in [-0.25, -0.2) is 0 Å². The third-order valence-corrected chi connectivity index (χ3v) is 3.25. The fourth-order valence-electron chi connectivity index (χ4n) is 2.06. The van der Waals surface area contributed by atoms with Crippen LogP contribution in [0.3, 0.4) is 0 Å². The molecule has 0 saturated heterocycles. The smallest absolute Gasteiger partial charge is 0.0722 e. The van der Waals surface area contributed by atoms with E-state index < -0.39 is 0 Å². The minimum absolute atomic E-state index is 0.436. The van der Waals surface area contributed by atoms with Crippen molar-refractivity contribution in [2.24, 2.45) is 5.73 Å². The van der Waals surface area contributed by atoms with Crippen molar-refractivity contribution in [3.05, 3.63) is 36.5 Å². The van der Waals surface area contributed by atoms with E-state index in [1.165, 1.54) is 11.1 Å². The van der Waals surface area contributed by atoms with Crippen molar-refractivity contribution in [2.75, 3.05) is 18.5 Å². The van der Waals surface area contributed by atoms with Crippen molar-refractivity contribution in [3.8, 4) is 0 Å². The molecule has 3 nitrogen and oxygen atoms in total. The minimum Gasteiger partial charge on any atom is -0.371 e. The maximum absolute atomic E-state index is 5.62. The molecule has 0 bridgehead atoms. The molecular weight excluding hydrogens is 210 g/mol. The molecule has 0 radical (unpaired) electrons. The lowest BCUT2D eigenvalue weighted by Gasteiger charge is -2.27. The maximum Gasteiger partial charge on any atom is 0.0722 e. The lowest BCUT2D eigenvalue weighted by molar-refractivity contribution is 0.636. The van der Waals surface area contributed by atoms with Crippen LogP contribution in [0.5, 0.6) is 0 Å². The van der Waals surface area contributed by atoms with E-state index in [9.17, 15) is 0 Å². The van der Waals surface area contributed by atoms with Crippen LogP contribution in [-0.2, 0) is 0 Å². The van der Waals surface area contributed by atoms with E-state index in [0.29, 0.717) is 12.6 Å². The van der Waals surface area contributed by atoms with Crippen molar-refractivity contribution in [1.29, 1.82) is 0 Å². The van der Waals surface area contributed by atoms with Crippen LogP contribution in [0.25, 0.3) is 10.9 Å². The molecule has 2 N–H and O–H groups in total. The molecule has 1 heterocycles. The van der Waals surface area contributed by atoms with E-state index in [4.69, 9.17) is 5.73 Å². The molecule has 0 fully saturated rings. The van der Waals surface area contributed by atoms with Crippen molar-refractivity contribution in [1.82, 2.24) is 4.98 Å². The number of benzene rings is 1. The highest BCUT2D eigenvalue weighted by Crippen LogP contribution is 2.25. The van der Waals surface area contributed by atoms with Crippen LogP contribution in [0.4, 0.5) is 5.69 Å². The first-order valence-corrected chi connectivity index (χ1v) is 6.00. The Bertz CT molecular complexity index is 490. The summed E-state index contributed by atoms with van der Waals surface area (Å²) in [5.41, 5.74) is 7.88. The molecule has 0 saturated carbocycles. The van der Waals surface area contributed by atoms with E-state index in [1.54, 1.807) is 0 Å². The molecule has 1 aromatic heterocycles. The summed E-state index contributed by atoms with van der Waals surface area (Å²) in [6.07, 6.45) is 2.86. The highest BCUT2D eigenvalue weighted by molar-refractivity contribution is 5.91. The largest absolute Gasteiger partial charge is 0.371 e. The average molecular weight is 229 g/mol. The number of aromatic nitrogens is 1. The zero-order valence-corrected chi connectivity index (χ0v) is 10.4. The first-order valence-electron chi connectivity index (χ1n) is 6.00. The second kappa shape index (κ2) is 5.15. The molecule has 2 aromatic rings. The minimum atomic E-state index is 0.436. The molecule has 0 spiro atoms. The van der Waals surface area contributed by atoms with Crippen LogP contribution in [0, 0.1) is 0 Å². The van der Waals surface area contributed by atoms with Crippen LogP contribution in [0.2, 0.25) is 0 Å². The summed E-state index contributed by atoms with van der Waals surface area (Å²) in [5.74, 6) is 0. The van der Waals surface area contributed by atoms with Gasteiger partial charge in [0, 0.05) is 30.4 Å². The summed E-state index contributed by atoms with van der Waals surface area (Å²) < 4.78 is 0. The highest BCUT2D eigenvalue weighted by Gasteiger charge is 2.11. The van der Waals surface area contributed by atoms with Crippen LogP contribution < -0.4 is 10.6 Å². The van der Waals surface area contributed by atoms with Gasteiger partial charge in [0.2, 0.25) is 0 Å². The SMILES string of the molecule is CC(CCN)N(C)c1ccnc2ccccc12. The van der Waals surface area contributed by atoms with Crippen molar-refractivity contribution in [3.63, 3.8) is 0 Å². The number of hydrogen-bond donors (Lipinski definition) is 1. The molecule has 1 aromatic carbocycles. The molecule has 0 aliphatic heterocycles. The average Bonchev–Trinajstić information content (AvgIpc) is 2.37. The standard InChI is InChI=1S/C14H19N3/c1-11(7-9-15)17(2)14-8-10-16-13-6-4-3-5-12(13)14/h3-6,8,10-11H,7,9,15H2,1-2H3. The van der Waals surface area contributed by atoms with Gasteiger partial charge in [0.05, 0.1) is 5.52 Å². The first kappa shape index (κ1) is 11.9. The highest BCUT2D eigenvalue weighted by atomic mass is 15.1. The lowest BCUT2D eigenvalue weighted by Crippen LogP contribution is -2.30. The number of anilines is 1. The van der Waals surface area contributed by atoms with E-state index in [0.717, 1.165) is 11.9 Å². The van der Waals surface area contributed by atoms with E-state index in [2.05, 4.69) is 42.1 Å². The van der Waals surface area contributed by atoms with Gasteiger partial charge in [-0.3, -0.25) is 4.98 Å². The maximum atomic E-state index is 5.62. The third-order valence-electron chi connectivity index (χ3n) is 3.25. The molecule has 3 heteroatoms. The van der Waals surface area contributed by atoms with Crippen LogP contribution in [0.1, 0.15) is 13.3 Å². The van der Waals surface area contributed by atoms with Crippen molar-refractivity contribution >= 4 is 16.6 Å². The number of hydrogen-bond acceptors (Lipinski definition) is 3. The Morgan fingerprint density at radius 2 is 2.06 bits per heavy atom.